The maximum absolute atomic E-state index is 10.5. The lowest BCUT2D eigenvalue weighted by Gasteiger charge is -2.21. The maximum atomic E-state index is 10.5. The number of phenolic OH excluding ortho intramolecular Hbond substituents is 2. The Labute approximate surface area is 138 Å². The second-order valence-electron chi connectivity index (χ2n) is 6.57. The summed E-state index contributed by atoms with van der Waals surface area (Å²) < 4.78 is 5.22. The number of phenols is 2. The van der Waals surface area contributed by atoms with Crippen molar-refractivity contribution in [3.8, 4) is 22.8 Å². The largest absolute Gasteiger partial charge is 0.508 e. The van der Waals surface area contributed by atoms with Crippen LogP contribution in [-0.2, 0) is 5.41 Å². The molecule has 2 heterocycles. The van der Waals surface area contributed by atoms with Crippen molar-refractivity contribution >= 4 is 22.6 Å². The van der Waals surface area contributed by atoms with E-state index in [4.69, 9.17) is 16.1 Å². The van der Waals surface area contributed by atoms with Gasteiger partial charge in [-0.2, -0.15) is 0 Å². The van der Waals surface area contributed by atoms with Crippen LogP contribution in [0.1, 0.15) is 32.0 Å². The minimum Gasteiger partial charge on any atom is -0.508 e. The first-order valence-electron chi connectivity index (χ1n) is 7.18. The number of aromatic nitrogens is 2. The molecule has 120 valence electrons. The van der Waals surface area contributed by atoms with E-state index in [2.05, 4.69) is 10.1 Å². The summed E-state index contributed by atoms with van der Waals surface area (Å²) in [6.07, 6.45) is 0. The van der Waals surface area contributed by atoms with Crippen molar-refractivity contribution in [2.24, 2.45) is 0 Å². The summed E-state index contributed by atoms with van der Waals surface area (Å²) in [5, 5.41) is 25.6. The minimum absolute atomic E-state index is 0.0180. The predicted octanol–water partition coefficient (Wildman–Crippen LogP) is 4.56. The number of halogens is 1. The molecular weight excluding hydrogens is 316 g/mol. The van der Waals surface area contributed by atoms with Gasteiger partial charge in [0.1, 0.15) is 16.7 Å². The van der Waals surface area contributed by atoms with Gasteiger partial charge >= 0.3 is 0 Å². The Balaban J connectivity index is 2.32. The molecule has 1 aromatic carbocycles. The van der Waals surface area contributed by atoms with Crippen molar-refractivity contribution in [1.82, 2.24) is 10.1 Å². The first-order valence-corrected chi connectivity index (χ1v) is 7.55. The van der Waals surface area contributed by atoms with Gasteiger partial charge in [0.05, 0.1) is 16.8 Å². The highest BCUT2D eigenvalue weighted by atomic mass is 35.5. The average molecular weight is 333 g/mol. The van der Waals surface area contributed by atoms with Crippen LogP contribution in [0, 0.1) is 6.92 Å². The Kier molecular flexibility index (Phi) is 3.48. The van der Waals surface area contributed by atoms with E-state index in [1.54, 1.807) is 19.1 Å². The molecule has 0 atom stereocenters. The van der Waals surface area contributed by atoms with Gasteiger partial charge in [0.2, 0.25) is 0 Å². The molecule has 0 amide bonds. The number of hydrogen-bond donors (Lipinski definition) is 2. The van der Waals surface area contributed by atoms with Crippen molar-refractivity contribution in [2.45, 2.75) is 33.1 Å². The summed E-state index contributed by atoms with van der Waals surface area (Å²) >= 11 is 6.04. The summed E-state index contributed by atoms with van der Waals surface area (Å²) in [6, 6.07) is 4.63. The number of fused-ring (bicyclic) bond motifs is 1. The molecule has 0 aliphatic carbocycles. The van der Waals surface area contributed by atoms with Crippen LogP contribution in [0.4, 0.5) is 0 Å². The molecule has 0 fully saturated rings. The molecule has 3 aromatic rings. The van der Waals surface area contributed by atoms with Gasteiger partial charge in [0, 0.05) is 17.2 Å². The number of benzene rings is 1. The molecule has 2 aromatic heterocycles. The zero-order valence-electron chi connectivity index (χ0n) is 13.3. The van der Waals surface area contributed by atoms with Crippen LogP contribution in [0.3, 0.4) is 0 Å². The fourth-order valence-electron chi connectivity index (χ4n) is 2.64. The third-order valence-corrected chi connectivity index (χ3v) is 3.97. The fourth-order valence-corrected chi connectivity index (χ4v) is 2.82. The highest BCUT2D eigenvalue weighted by Crippen LogP contribution is 2.42. The van der Waals surface area contributed by atoms with Gasteiger partial charge < -0.3 is 14.7 Å². The van der Waals surface area contributed by atoms with E-state index in [1.807, 2.05) is 20.8 Å². The number of hydrogen-bond acceptors (Lipinski definition) is 5. The molecule has 6 heteroatoms. The molecule has 0 saturated heterocycles. The van der Waals surface area contributed by atoms with Crippen molar-refractivity contribution in [3.63, 3.8) is 0 Å². The van der Waals surface area contributed by atoms with Crippen LogP contribution >= 0.6 is 11.6 Å². The molecule has 0 bridgehead atoms. The molecule has 0 spiro atoms. The molecule has 23 heavy (non-hydrogen) atoms. The third kappa shape index (κ3) is 2.61. The molecular formula is C17H17ClN2O3. The Morgan fingerprint density at radius 3 is 2.43 bits per heavy atom. The van der Waals surface area contributed by atoms with E-state index in [-0.39, 0.29) is 22.1 Å². The van der Waals surface area contributed by atoms with Crippen LogP contribution in [0.25, 0.3) is 22.2 Å². The molecule has 0 aliphatic heterocycles. The van der Waals surface area contributed by atoms with Crippen LogP contribution in [0.15, 0.2) is 22.7 Å². The van der Waals surface area contributed by atoms with E-state index in [0.717, 1.165) is 0 Å². The predicted molar refractivity (Wildman–Crippen MR) is 89.0 cm³/mol. The maximum Gasteiger partial charge on any atom is 0.172 e. The van der Waals surface area contributed by atoms with Crippen LogP contribution < -0.4 is 0 Å². The number of pyridine rings is 1. The van der Waals surface area contributed by atoms with Crippen molar-refractivity contribution in [1.29, 1.82) is 0 Å². The molecule has 5 nitrogen and oxygen atoms in total. The van der Waals surface area contributed by atoms with Gasteiger partial charge in [0.15, 0.2) is 5.58 Å². The van der Waals surface area contributed by atoms with Gasteiger partial charge in [-0.05, 0) is 24.5 Å². The normalized spacial score (nSPS) is 12.0. The quantitative estimate of drug-likeness (QED) is 0.504. The highest BCUT2D eigenvalue weighted by Gasteiger charge is 2.23. The lowest BCUT2D eigenvalue weighted by Crippen LogP contribution is -2.11. The van der Waals surface area contributed by atoms with Gasteiger partial charge in [-0.3, -0.25) is 0 Å². The Morgan fingerprint density at radius 1 is 1.09 bits per heavy atom. The number of nitrogens with zero attached hydrogens (tertiary/aromatic N) is 2. The Bertz CT molecular complexity index is 910. The SMILES string of the molecule is Cc1noc2cc(Cl)nc(-c3cc(O)c(C(C)(C)C)cc3O)c12. The molecule has 2 N–H and O–H groups in total. The van der Waals surface area contributed by atoms with E-state index in [0.29, 0.717) is 33.5 Å². The number of aromatic hydroxyl groups is 2. The highest BCUT2D eigenvalue weighted by molar-refractivity contribution is 6.30. The smallest absolute Gasteiger partial charge is 0.172 e. The molecule has 3 rings (SSSR count). The molecule has 0 radical (unpaired) electrons. The van der Waals surface area contributed by atoms with E-state index in [9.17, 15) is 10.2 Å². The zero-order valence-corrected chi connectivity index (χ0v) is 14.1. The number of rotatable bonds is 1. The van der Waals surface area contributed by atoms with Gasteiger partial charge in [-0.15, -0.1) is 0 Å². The topological polar surface area (TPSA) is 79.4 Å². The fraction of sp³-hybridized carbons (Fsp3) is 0.294. The second-order valence-corrected chi connectivity index (χ2v) is 6.96. The Morgan fingerprint density at radius 2 is 1.78 bits per heavy atom. The van der Waals surface area contributed by atoms with Gasteiger partial charge in [-0.1, -0.05) is 37.5 Å². The van der Waals surface area contributed by atoms with Crippen molar-refractivity contribution < 1.29 is 14.7 Å². The average Bonchev–Trinajstić information content (AvgIpc) is 2.80. The van der Waals surface area contributed by atoms with Crippen LogP contribution in [0.5, 0.6) is 11.5 Å². The Hall–Kier alpha value is -2.27. The van der Waals surface area contributed by atoms with E-state index in [1.165, 1.54) is 6.07 Å². The van der Waals surface area contributed by atoms with E-state index >= 15 is 0 Å². The monoisotopic (exact) mass is 332 g/mol. The molecule has 0 unspecified atom stereocenters. The summed E-state index contributed by atoms with van der Waals surface area (Å²) in [5.41, 5.74) is 2.28. The molecule has 0 saturated carbocycles. The third-order valence-electron chi connectivity index (χ3n) is 3.77. The van der Waals surface area contributed by atoms with Gasteiger partial charge in [-0.25, -0.2) is 4.98 Å². The summed E-state index contributed by atoms with van der Waals surface area (Å²) in [7, 11) is 0. The second kappa shape index (κ2) is 5.13. The molecule has 0 aliphatic rings. The van der Waals surface area contributed by atoms with Crippen LogP contribution in [0.2, 0.25) is 5.15 Å². The zero-order chi connectivity index (χ0) is 16.9. The lowest BCUT2D eigenvalue weighted by molar-refractivity contribution is 0.436. The minimum atomic E-state index is -0.301. The van der Waals surface area contributed by atoms with Crippen molar-refractivity contribution in [3.05, 3.63) is 34.6 Å². The van der Waals surface area contributed by atoms with Gasteiger partial charge in [0.25, 0.3) is 0 Å². The van der Waals surface area contributed by atoms with E-state index < -0.39 is 0 Å². The summed E-state index contributed by atoms with van der Waals surface area (Å²) in [4.78, 5) is 4.29. The first-order chi connectivity index (χ1) is 10.7. The number of aryl methyl sites for hydroxylation is 1. The van der Waals surface area contributed by atoms with Crippen molar-refractivity contribution in [2.75, 3.05) is 0 Å². The standard InChI is InChI=1S/C17H17ClN2O3/c1-8-15-13(23-20-8)7-14(18)19-16(15)9-5-12(22)10(6-11(9)21)17(2,3)4/h5-7,21-22H,1-4H3. The van der Waals surface area contributed by atoms with Crippen LogP contribution in [-0.4, -0.2) is 20.4 Å². The summed E-state index contributed by atoms with van der Waals surface area (Å²) in [6.45, 7) is 7.66. The lowest BCUT2D eigenvalue weighted by atomic mass is 9.85. The summed E-state index contributed by atoms with van der Waals surface area (Å²) in [5.74, 6) is 0.110. The first kappa shape index (κ1) is 15.6.